The lowest BCUT2D eigenvalue weighted by Crippen LogP contribution is -2.67. The number of carbonyl (C=O) groups excluding carboxylic acids is 3. The molecule has 0 radical (unpaired) electrons. The molecule has 3 rings (SSSR count). The summed E-state index contributed by atoms with van der Waals surface area (Å²) in [6.45, 7) is 2.66. The molecule has 0 spiro atoms. The monoisotopic (exact) mass is 622 g/mol. The minimum absolute atomic E-state index is 0.0365. The van der Waals surface area contributed by atoms with Crippen molar-refractivity contribution in [2.45, 2.75) is 62.9 Å². The van der Waals surface area contributed by atoms with E-state index in [0.717, 1.165) is 23.8 Å². The third-order valence-corrected chi connectivity index (χ3v) is 8.33. The standard InChI is InChI=1S/C27H34N4O9S2/c1-3-41-11-4-10-39-27(26(36)31-38)13-21(33)22(29-16(2)32)24(40-27)23(34)20(30-37)14-28-25(35)18-7-5-17(6-8-18)19-9-12-42-15-19/h5-9,12,15,20-24,33-34H,3-4,10-11,13-14H2,1-2H3,(H,28,35)(H,29,32). The maximum Gasteiger partial charge on any atom is 0.345 e. The largest absolute Gasteiger partial charge is 0.391 e. The van der Waals surface area contributed by atoms with Gasteiger partial charge in [-0.25, -0.2) is 0 Å². The Morgan fingerprint density at radius 1 is 1.21 bits per heavy atom. The van der Waals surface area contributed by atoms with Gasteiger partial charge in [-0.2, -0.15) is 28.0 Å². The number of carbonyl (C=O) groups is 3. The molecule has 1 aliphatic rings. The Labute approximate surface area is 250 Å². The Bertz CT molecular complexity index is 1210. The number of thiophene rings is 1. The van der Waals surface area contributed by atoms with Crippen molar-refractivity contribution in [2.24, 2.45) is 10.4 Å². The van der Waals surface area contributed by atoms with Gasteiger partial charge in [-0.1, -0.05) is 24.2 Å². The highest BCUT2D eigenvalue weighted by atomic mass is 32.2. The van der Waals surface area contributed by atoms with E-state index < -0.39 is 66.9 Å². The summed E-state index contributed by atoms with van der Waals surface area (Å²) in [6.07, 6.45) is -5.12. The molecule has 1 aromatic carbocycles. The lowest BCUT2D eigenvalue weighted by molar-refractivity contribution is -0.297. The van der Waals surface area contributed by atoms with Gasteiger partial charge in [0, 0.05) is 30.6 Å². The first-order chi connectivity index (χ1) is 20.2. The fourth-order valence-corrected chi connectivity index (χ4v) is 5.82. The minimum Gasteiger partial charge on any atom is -0.391 e. The van der Waals surface area contributed by atoms with E-state index >= 15 is 0 Å². The third kappa shape index (κ3) is 8.49. The number of nitroso groups, excluding NO2 is 2. The molecule has 6 unspecified atom stereocenters. The summed E-state index contributed by atoms with van der Waals surface area (Å²) in [6, 6.07) is 5.86. The Hall–Kier alpha value is -3.08. The molecule has 1 saturated heterocycles. The molecule has 0 aliphatic carbocycles. The predicted octanol–water partition coefficient (Wildman–Crippen LogP) is 2.44. The zero-order chi connectivity index (χ0) is 30.7. The van der Waals surface area contributed by atoms with Gasteiger partial charge in [-0.05, 0) is 58.0 Å². The van der Waals surface area contributed by atoms with Crippen molar-refractivity contribution in [1.82, 2.24) is 10.6 Å². The van der Waals surface area contributed by atoms with Crippen molar-refractivity contribution in [3.05, 3.63) is 56.5 Å². The molecule has 0 saturated carbocycles. The fourth-order valence-electron chi connectivity index (χ4n) is 4.54. The molecule has 6 atom stereocenters. The summed E-state index contributed by atoms with van der Waals surface area (Å²) in [5.74, 6) is -3.33. The number of aliphatic hydroxyl groups excluding tert-OH is 2. The SMILES string of the molecule is CCSCCCOC1(C(=O)N=O)CC(O)C(NC(C)=O)C(C(O)C(CNC(=O)c2ccc(-c3ccsc3)cc2)N=O)O1. The van der Waals surface area contributed by atoms with E-state index in [1.54, 1.807) is 47.4 Å². The fraction of sp³-hybridized carbons (Fsp3) is 0.519. The van der Waals surface area contributed by atoms with E-state index in [1.807, 2.05) is 23.8 Å². The molecule has 2 aromatic rings. The van der Waals surface area contributed by atoms with Crippen LogP contribution in [0.4, 0.5) is 0 Å². The van der Waals surface area contributed by atoms with Crippen LogP contribution >= 0.6 is 23.1 Å². The van der Waals surface area contributed by atoms with Gasteiger partial charge in [0.2, 0.25) is 5.91 Å². The zero-order valence-corrected chi connectivity index (χ0v) is 24.8. The van der Waals surface area contributed by atoms with Crippen LogP contribution in [-0.4, -0.2) is 88.8 Å². The van der Waals surface area contributed by atoms with Gasteiger partial charge in [-0.15, -0.1) is 4.91 Å². The smallest absolute Gasteiger partial charge is 0.345 e. The highest BCUT2D eigenvalue weighted by Crippen LogP contribution is 2.35. The van der Waals surface area contributed by atoms with Gasteiger partial charge >= 0.3 is 5.91 Å². The van der Waals surface area contributed by atoms with Crippen LogP contribution in [0.1, 0.15) is 37.0 Å². The van der Waals surface area contributed by atoms with E-state index in [1.165, 1.54) is 0 Å². The first-order valence-corrected chi connectivity index (χ1v) is 15.4. The highest BCUT2D eigenvalue weighted by molar-refractivity contribution is 7.99. The Kier molecular flexibility index (Phi) is 12.7. The number of ether oxygens (including phenoxy) is 2. The molecule has 15 heteroatoms. The van der Waals surface area contributed by atoms with Crippen molar-refractivity contribution >= 4 is 40.8 Å². The van der Waals surface area contributed by atoms with Crippen LogP contribution in [0.2, 0.25) is 0 Å². The number of nitrogens with one attached hydrogen (secondary N) is 2. The molecule has 3 amide bonds. The van der Waals surface area contributed by atoms with Crippen LogP contribution in [-0.2, 0) is 19.1 Å². The molecular weight excluding hydrogens is 588 g/mol. The van der Waals surface area contributed by atoms with Crippen molar-refractivity contribution in [3.8, 4) is 11.1 Å². The summed E-state index contributed by atoms with van der Waals surface area (Å²) < 4.78 is 11.4. The molecule has 2 heterocycles. The Balaban J connectivity index is 1.76. The third-order valence-electron chi connectivity index (χ3n) is 6.66. The van der Waals surface area contributed by atoms with Crippen molar-refractivity contribution in [1.29, 1.82) is 0 Å². The van der Waals surface area contributed by atoms with Gasteiger partial charge in [0.25, 0.3) is 11.7 Å². The van der Waals surface area contributed by atoms with Gasteiger partial charge < -0.3 is 30.3 Å². The highest BCUT2D eigenvalue weighted by Gasteiger charge is 2.56. The quantitative estimate of drug-likeness (QED) is 0.169. The normalized spacial score (nSPS) is 23.4. The van der Waals surface area contributed by atoms with Crippen LogP contribution < -0.4 is 10.6 Å². The average molecular weight is 623 g/mol. The first kappa shape index (κ1) is 33.4. The molecule has 0 bridgehead atoms. The summed E-state index contributed by atoms with van der Waals surface area (Å²) in [7, 11) is 0. The number of nitrogens with zero attached hydrogens (tertiary/aromatic N) is 2. The average Bonchev–Trinajstić information content (AvgIpc) is 3.53. The molecule has 1 aromatic heterocycles. The summed E-state index contributed by atoms with van der Waals surface area (Å²) in [4.78, 5) is 60.4. The number of hydrogen-bond acceptors (Lipinski definition) is 12. The van der Waals surface area contributed by atoms with Gasteiger partial charge in [0.15, 0.2) is 0 Å². The molecule has 4 N–H and O–H groups in total. The zero-order valence-electron chi connectivity index (χ0n) is 23.1. The van der Waals surface area contributed by atoms with E-state index in [4.69, 9.17) is 9.47 Å². The lowest BCUT2D eigenvalue weighted by atomic mass is 9.87. The van der Waals surface area contributed by atoms with Crippen molar-refractivity contribution in [2.75, 3.05) is 24.7 Å². The summed E-state index contributed by atoms with van der Waals surface area (Å²) >= 11 is 3.17. The molecule has 42 heavy (non-hydrogen) atoms. The van der Waals surface area contributed by atoms with Crippen LogP contribution in [0, 0.1) is 9.81 Å². The first-order valence-electron chi connectivity index (χ1n) is 13.3. The van der Waals surface area contributed by atoms with Crippen LogP contribution in [0.5, 0.6) is 0 Å². The van der Waals surface area contributed by atoms with E-state index in [9.17, 15) is 34.4 Å². The number of hydrogen-bond donors (Lipinski definition) is 4. The van der Waals surface area contributed by atoms with E-state index in [2.05, 4.69) is 21.0 Å². The number of rotatable bonds is 15. The maximum absolute atomic E-state index is 12.8. The van der Waals surface area contributed by atoms with Crippen molar-refractivity contribution in [3.63, 3.8) is 0 Å². The number of benzene rings is 1. The van der Waals surface area contributed by atoms with Gasteiger partial charge in [0.1, 0.15) is 18.2 Å². The summed E-state index contributed by atoms with van der Waals surface area (Å²) in [5.41, 5.74) is 2.22. The Morgan fingerprint density at radius 2 is 1.95 bits per heavy atom. The molecule has 1 aliphatic heterocycles. The summed E-state index contributed by atoms with van der Waals surface area (Å²) in [5, 5.41) is 36.3. The number of aliphatic hydroxyl groups is 2. The van der Waals surface area contributed by atoms with E-state index in [0.29, 0.717) is 17.7 Å². The second-order valence-corrected chi connectivity index (χ2v) is 11.8. The Morgan fingerprint density at radius 3 is 2.55 bits per heavy atom. The molecule has 13 nitrogen and oxygen atoms in total. The lowest BCUT2D eigenvalue weighted by Gasteiger charge is -2.46. The second-order valence-electron chi connectivity index (χ2n) is 9.59. The predicted molar refractivity (Wildman–Crippen MR) is 158 cm³/mol. The number of thioether (sulfide) groups is 1. The molecule has 1 fully saturated rings. The topological polar surface area (TPSA) is 193 Å². The minimum atomic E-state index is -2.36. The van der Waals surface area contributed by atoms with Gasteiger partial charge in [-0.3, -0.25) is 14.4 Å². The maximum atomic E-state index is 12.8. The van der Waals surface area contributed by atoms with Crippen LogP contribution in [0.3, 0.4) is 0 Å². The van der Waals surface area contributed by atoms with Crippen molar-refractivity contribution < 1.29 is 34.1 Å². The van der Waals surface area contributed by atoms with Crippen LogP contribution in [0.25, 0.3) is 11.1 Å². The molecular formula is C27H34N4O9S2. The van der Waals surface area contributed by atoms with E-state index in [-0.39, 0.29) is 6.61 Å². The second kappa shape index (κ2) is 16.0. The van der Waals surface area contributed by atoms with Crippen LogP contribution in [0.15, 0.2) is 51.4 Å². The number of amides is 3. The molecule has 228 valence electrons. The van der Waals surface area contributed by atoms with Gasteiger partial charge in [0.05, 0.1) is 18.8 Å².